The molecule has 7 aromatic rings. The van der Waals surface area contributed by atoms with Gasteiger partial charge in [0.05, 0.1) is 10.6 Å². The molecule has 0 saturated carbocycles. The Kier molecular flexibility index (Phi) is 8.44. The molecule has 0 spiro atoms. The van der Waals surface area contributed by atoms with Crippen molar-refractivity contribution in [1.82, 2.24) is 4.90 Å². The van der Waals surface area contributed by atoms with Crippen LogP contribution >= 0.6 is 11.3 Å². The van der Waals surface area contributed by atoms with Gasteiger partial charge in [0.1, 0.15) is 11.2 Å². The Morgan fingerprint density at radius 2 is 1.51 bits per heavy atom. The Bertz CT molecular complexity index is 3270. The second-order valence-electron chi connectivity index (χ2n) is 16.8. The Morgan fingerprint density at radius 1 is 0.627 bits per heavy atom. The molecule has 59 heavy (non-hydrogen) atoms. The molecule has 5 aliphatic rings. The van der Waals surface area contributed by atoms with Crippen LogP contribution in [0.15, 0.2) is 161 Å². The van der Waals surface area contributed by atoms with E-state index in [9.17, 15) is 0 Å². The summed E-state index contributed by atoms with van der Waals surface area (Å²) in [4.78, 5) is 2.72. The van der Waals surface area contributed by atoms with Gasteiger partial charge in [-0.2, -0.15) is 0 Å². The Morgan fingerprint density at radius 3 is 2.41 bits per heavy atom. The zero-order chi connectivity index (χ0) is 38.9. The van der Waals surface area contributed by atoms with Crippen molar-refractivity contribution < 1.29 is 4.42 Å². The van der Waals surface area contributed by atoms with Crippen molar-refractivity contribution in [2.24, 2.45) is 5.92 Å². The van der Waals surface area contributed by atoms with Crippen molar-refractivity contribution in [3.63, 3.8) is 0 Å². The number of hydrogen-bond acceptors (Lipinski definition) is 3. The minimum absolute atomic E-state index is 0.231. The van der Waals surface area contributed by atoms with E-state index < -0.39 is 0 Å². The average molecular weight is 780 g/mol. The summed E-state index contributed by atoms with van der Waals surface area (Å²) in [5, 5.41) is 7.98. The minimum Gasteiger partial charge on any atom is -0.456 e. The molecule has 2 nitrogen and oxygen atoms in total. The second kappa shape index (κ2) is 14.3. The number of allylic oxidation sites excluding steroid dienone is 6. The van der Waals surface area contributed by atoms with Crippen LogP contribution in [0, 0.1) is 5.92 Å². The number of aryl methyl sites for hydroxylation is 1. The summed E-state index contributed by atoms with van der Waals surface area (Å²) in [5.74, 6) is 0.701. The third-order valence-electron chi connectivity index (χ3n) is 13.4. The number of nitrogens with zero attached hydrogens (tertiary/aromatic N) is 1. The molecule has 3 atom stereocenters. The standard InChI is InChI=1S/C56H45NOS/c1-2-10-38(11-3-1)47-15-8-16-50-51-17-9-18-52(56(51)59-55(47)50)57(44-30-24-37(25-31-44)41-27-33-49-48-14-6-7-19-53(48)58-54(49)35-41)43-28-22-36(23-29-43)40-26-32-46-42(34-40)21-20-39-12-4-5-13-45(39)46/h1-3,5-8,10-11,13-17,19-24,27-28,30-35,37,40,43H,4,9,12,18,25-26,29H2. The van der Waals surface area contributed by atoms with Crippen LogP contribution in [0.1, 0.15) is 61.1 Å². The Hall–Kier alpha value is -6.16. The zero-order valence-electron chi connectivity index (χ0n) is 33.1. The lowest BCUT2D eigenvalue weighted by molar-refractivity contribution is 0.404. The summed E-state index contributed by atoms with van der Waals surface area (Å²) in [6.45, 7) is 0. The molecule has 0 fully saturated rings. The number of thiophene rings is 1. The zero-order valence-corrected chi connectivity index (χ0v) is 33.9. The van der Waals surface area contributed by atoms with E-state index in [2.05, 4.69) is 169 Å². The predicted octanol–water partition coefficient (Wildman–Crippen LogP) is 11.6. The first-order valence-electron chi connectivity index (χ1n) is 21.5. The lowest BCUT2D eigenvalue weighted by atomic mass is 9.84. The molecule has 12 rings (SSSR count). The van der Waals surface area contributed by atoms with E-state index in [1.54, 1.807) is 0 Å². The first kappa shape index (κ1) is 34.8. The molecule has 0 N–H and O–H groups in total. The fraction of sp³-hybridized carbons (Fsp3) is 0.179. The third kappa shape index (κ3) is 5.97. The topological polar surface area (TPSA) is 16.4 Å². The molecule has 0 saturated heterocycles. The third-order valence-corrected chi connectivity index (χ3v) is 14.7. The summed E-state index contributed by atoms with van der Waals surface area (Å²) in [5.41, 5.74) is 13.0. The largest absolute Gasteiger partial charge is 0.456 e. The van der Waals surface area contributed by atoms with Crippen LogP contribution < -0.4 is 20.2 Å². The highest BCUT2D eigenvalue weighted by Crippen LogP contribution is 2.38. The number of rotatable bonds is 6. The maximum atomic E-state index is 6.32. The molecular weight excluding hydrogens is 735 g/mol. The van der Waals surface area contributed by atoms with Crippen LogP contribution in [0.4, 0.5) is 0 Å². The van der Waals surface area contributed by atoms with Gasteiger partial charge in [0.25, 0.3) is 0 Å². The van der Waals surface area contributed by atoms with E-state index in [4.69, 9.17) is 4.42 Å². The quantitative estimate of drug-likeness (QED) is 0.167. The molecule has 2 aromatic heterocycles. The molecule has 5 aliphatic carbocycles. The monoisotopic (exact) mass is 779 g/mol. The fourth-order valence-corrected chi connectivity index (χ4v) is 11.8. The van der Waals surface area contributed by atoms with E-state index >= 15 is 0 Å². The molecule has 0 amide bonds. The van der Waals surface area contributed by atoms with E-state index in [-0.39, 0.29) is 6.04 Å². The fourth-order valence-electron chi connectivity index (χ4n) is 10.4. The lowest BCUT2D eigenvalue weighted by Gasteiger charge is -2.38. The van der Waals surface area contributed by atoms with E-state index in [0.717, 1.165) is 56.1 Å². The number of benzene rings is 5. The molecule has 286 valence electrons. The van der Waals surface area contributed by atoms with Gasteiger partial charge in [-0.1, -0.05) is 152 Å². The molecule has 2 heterocycles. The van der Waals surface area contributed by atoms with Crippen molar-refractivity contribution >= 4 is 73.4 Å². The minimum atomic E-state index is 0.231. The van der Waals surface area contributed by atoms with Gasteiger partial charge in [-0.15, -0.1) is 11.3 Å². The summed E-state index contributed by atoms with van der Waals surface area (Å²) >= 11 is 1.99. The maximum absolute atomic E-state index is 6.32. The van der Waals surface area contributed by atoms with Gasteiger partial charge in [-0.25, -0.2) is 0 Å². The van der Waals surface area contributed by atoms with Gasteiger partial charge in [0.15, 0.2) is 0 Å². The molecule has 5 aromatic carbocycles. The van der Waals surface area contributed by atoms with Crippen molar-refractivity contribution in [3.8, 4) is 11.1 Å². The van der Waals surface area contributed by atoms with Crippen LogP contribution in [-0.4, -0.2) is 10.9 Å². The number of furan rings is 1. The van der Waals surface area contributed by atoms with Gasteiger partial charge in [-0.05, 0) is 112 Å². The van der Waals surface area contributed by atoms with Crippen LogP contribution in [0.5, 0.6) is 0 Å². The molecular formula is C56H45NOS. The van der Waals surface area contributed by atoms with E-state index in [1.807, 2.05) is 17.4 Å². The van der Waals surface area contributed by atoms with Crippen molar-refractivity contribution in [3.05, 3.63) is 194 Å². The number of fused-ring (bicyclic) bond motifs is 9. The molecule has 3 unspecified atom stereocenters. The van der Waals surface area contributed by atoms with Gasteiger partial charge in [0.2, 0.25) is 0 Å². The Balaban J connectivity index is 0.918. The summed E-state index contributed by atoms with van der Waals surface area (Å²) in [7, 11) is 0. The highest BCUT2D eigenvalue weighted by atomic mass is 32.1. The lowest BCUT2D eigenvalue weighted by Crippen LogP contribution is -2.39. The van der Waals surface area contributed by atoms with Gasteiger partial charge in [-0.3, -0.25) is 0 Å². The van der Waals surface area contributed by atoms with Crippen LogP contribution in [0.2, 0.25) is 0 Å². The van der Waals surface area contributed by atoms with Crippen molar-refractivity contribution in [2.75, 3.05) is 0 Å². The predicted molar refractivity (Wildman–Crippen MR) is 249 cm³/mol. The molecule has 0 radical (unpaired) electrons. The first-order valence-corrected chi connectivity index (χ1v) is 22.3. The molecule has 0 bridgehead atoms. The highest BCUT2D eigenvalue weighted by molar-refractivity contribution is 7.17. The first-order chi connectivity index (χ1) is 29.2. The van der Waals surface area contributed by atoms with Crippen molar-refractivity contribution in [1.29, 1.82) is 0 Å². The van der Waals surface area contributed by atoms with Crippen LogP contribution in [0.3, 0.4) is 0 Å². The SMILES string of the molecule is C1=Cc2c(ccc3c2=CCC(C2=CCC(N(C4=CCC(c5ccc6c(c5)oc5ccccc56)C=C4)C4=c5sc6c(-c7ccccc7)cccc6c5=CCC4)C=C2)C=3)CC1. The number of para-hydroxylation sites is 1. The average Bonchev–Trinajstić information content (AvgIpc) is 3.88. The van der Waals surface area contributed by atoms with Crippen LogP contribution in [0.25, 0.3) is 73.2 Å². The smallest absolute Gasteiger partial charge is 0.135 e. The van der Waals surface area contributed by atoms with Gasteiger partial charge >= 0.3 is 0 Å². The molecule has 3 heteroatoms. The second-order valence-corrected chi connectivity index (χ2v) is 17.8. The maximum Gasteiger partial charge on any atom is 0.135 e. The number of hydrogen-bond donors (Lipinski definition) is 0. The van der Waals surface area contributed by atoms with Crippen molar-refractivity contribution in [2.45, 2.75) is 56.9 Å². The van der Waals surface area contributed by atoms with E-state index in [1.165, 1.54) is 85.8 Å². The summed E-state index contributed by atoms with van der Waals surface area (Å²) < 4.78 is 9.13. The Labute approximate surface area is 348 Å². The molecule has 0 aliphatic heterocycles. The van der Waals surface area contributed by atoms with Gasteiger partial charge in [0, 0.05) is 44.1 Å². The normalized spacial score (nSPS) is 20.6. The highest BCUT2D eigenvalue weighted by Gasteiger charge is 2.28. The van der Waals surface area contributed by atoms with Crippen LogP contribution in [-0.2, 0) is 6.42 Å². The van der Waals surface area contributed by atoms with E-state index in [0.29, 0.717) is 11.8 Å². The summed E-state index contributed by atoms with van der Waals surface area (Å²) in [6.07, 6.45) is 34.4. The summed E-state index contributed by atoms with van der Waals surface area (Å²) in [6, 6.07) is 37.9. The van der Waals surface area contributed by atoms with Gasteiger partial charge < -0.3 is 9.32 Å².